The van der Waals surface area contributed by atoms with Crippen LogP contribution in [0.5, 0.6) is 17.2 Å². The Kier molecular flexibility index (Phi) is 5.20. The number of methoxy groups -OCH3 is 2. The van der Waals surface area contributed by atoms with E-state index in [1.165, 1.54) is 17.7 Å². The summed E-state index contributed by atoms with van der Waals surface area (Å²) in [5, 5.41) is 11.3. The lowest BCUT2D eigenvalue weighted by Crippen LogP contribution is -3.08. The summed E-state index contributed by atoms with van der Waals surface area (Å²) in [7, 11) is 3.15. The van der Waals surface area contributed by atoms with Crippen molar-refractivity contribution in [2.24, 2.45) is 0 Å². The van der Waals surface area contributed by atoms with E-state index in [-0.39, 0.29) is 5.75 Å². The molecule has 29 heavy (non-hydrogen) atoms. The normalized spacial score (nSPS) is 14.4. The van der Waals surface area contributed by atoms with Gasteiger partial charge in [-0.3, -0.25) is 0 Å². The van der Waals surface area contributed by atoms with Crippen LogP contribution in [-0.4, -0.2) is 32.4 Å². The maximum atomic E-state index is 13.1. The predicted molar refractivity (Wildman–Crippen MR) is 111 cm³/mol. The van der Waals surface area contributed by atoms with Crippen LogP contribution in [-0.2, 0) is 6.54 Å². The number of rotatable bonds is 5. The highest BCUT2D eigenvalue weighted by atomic mass is 16.5. The highest BCUT2D eigenvalue weighted by Crippen LogP contribution is 2.37. The second-order valence-electron chi connectivity index (χ2n) is 7.53. The average Bonchev–Trinajstić information content (AvgIpc) is 3.23. The molecule has 1 aromatic heterocycles. The number of aryl methyl sites for hydroxylation is 1. The van der Waals surface area contributed by atoms with Crippen molar-refractivity contribution in [2.75, 3.05) is 27.3 Å². The molecule has 3 aromatic rings. The van der Waals surface area contributed by atoms with E-state index in [0.717, 1.165) is 24.0 Å². The minimum absolute atomic E-state index is 0.172. The van der Waals surface area contributed by atoms with Crippen molar-refractivity contribution in [3.63, 3.8) is 0 Å². The van der Waals surface area contributed by atoms with Crippen molar-refractivity contribution in [1.82, 2.24) is 0 Å². The molecule has 152 valence electrons. The van der Waals surface area contributed by atoms with Gasteiger partial charge in [0.15, 0.2) is 5.58 Å². The summed E-state index contributed by atoms with van der Waals surface area (Å²) in [5.41, 5.74) is 2.57. The lowest BCUT2D eigenvalue weighted by molar-refractivity contribution is -0.901. The first-order chi connectivity index (χ1) is 14.0. The molecule has 1 fully saturated rings. The number of nitrogens with one attached hydrogen (secondary N) is 1. The quantitative estimate of drug-likeness (QED) is 0.649. The van der Waals surface area contributed by atoms with Crippen molar-refractivity contribution in [3.8, 4) is 28.4 Å². The average molecular weight is 396 g/mol. The van der Waals surface area contributed by atoms with Gasteiger partial charge < -0.3 is 23.9 Å². The molecule has 6 nitrogen and oxygen atoms in total. The number of aromatic hydroxyl groups is 1. The van der Waals surface area contributed by atoms with Gasteiger partial charge in [-0.15, -0.1) is 0 Å². The van der Waals surface area contributed by atoms with E-state index in [1.807, 2.05) is 13.0 Å². The molecule has 2 aromatic carbocycles. The lowest BCUT2D eigenvalue weighted by atomic mass is 9.97. The van der Waals surface area contributed by atoms with Crippen LogP contribution in [0.25, 0.3) is 22.1 Å². The number of hydrogen-bond acceptors (Lipinski definition) is 5. The number of likely N-dealkylation sites (tertiary alicyclic amines) is 1. The molecule has 0 aliphatic carbocycles. The largest absolute Gasteiger partial charge is 0.507 e. The Morgan fingerprint density at radius 3 is 2.55 bits per heavy atom. The molecule has 0 amide bonds. The third-order valence-electron chi connectivity index (χ3n) is 5.83. The first-order valence-electron chi connectivity index (χ1n) is 9.87. The van der Waals surface area contributed by atoms with Gasteiger partial charge in [-0.2, -0.15) is 0 Å². The summed E-state index contributed by atoms with van der Waals surface area (Å²) in [4.78, 5) is 14.5. The first kappa shape index (κ1) is 19.3. The fourth-order valence-electron chi connectivity index (χ4n) is 4.25. The van der Waals surface area contributed by atoms with Crippen molar-refractivity contribution in [3.05, 3.63) is 51.9 Å². The molecule has 1 aliphatic heterocycles. The molecule has 1 aliphatic rings. The van der Waals surface area contributed by atoms with Gasteiger partial charge in [0, 0.05) is 23.8 Å². The third kappa shape index (κ3) is 3.44. The SMILES string of the molecule is COc1ccc(OC)c(-c2c(C)c3ccc(O)c(C[NH+]4CCCC4)c3oc2=O)c1. The molecule has 2 heterocycles. The number of fused-ring (bicyclic) bond motifs is 1. The van der Waals surface area contributed by atoms with E-state index in [9.17, 15) is 9.90 Å². The van der Waals surface area contributed by atoms with Gasteiger partial charge in [0.05, 0.1) is 38.4 Å². The predicted octanol–water partition coefficient (Wildman–Crippen LogP) is 2.67. The molecule has 6 heteroatoms. The summed E-state index contributed by atoms with van der Waals surface area (Å²) >= 11 is 0. The smallest absolute Gasteiger partial charge is 0.344 e. The van der Waals surface area contributed by atoms with Gasteiger partial charge in [0.1, 0.15) is 23.8 Å². The highest BCUT2D eigenvalue weighted by Gasteiger charge is 2.24. The van der Waals surface area contributed by atoms with Crippen LogP contribution < -0.4 is 20.0 Å². The van der Waals surface area contributed by atoms with Gasteiger partial charge in [-0.05, 0) is 42.8 Å². The van der Waals surface area contributed by atoms with Gasteiger partial charge in [-0.1, -0.05) is 0 Å². The molecule has 0 saturated carbocycles. The Labute approximate surface area is 169 Å². The second-order valence-corrected chi connectivity index (χ2v) is 7.53. The molecule has 0 atom stereocenters. The summed E-state index contributed by atoms with van der Waals surface area (Å²) in [5.74, 6) is 1.37. The van der Waals surface area contributed by atoms with Gasteiger partial charge >= 0.3 is 5.63 Å². The van der Waals surface area contributed by atoms with E-state index < -0.39 is 5.63 Å². The number of ether oxygens (including phenoxy) is 2. The monoisotopic (exact) mass is 396 g/mol. The molecule has 0 radical (unpaired) electrons. The van der Waals surface area contributed by atoms with Gasteiger partial charge in [-0.25, -0.2) is 4.79 Å². The summed E-state index contributed by atoms with van der Waals surface area (Å²) in [6.45, 7) is 4.68. The van der Waals surface area contributed by atoms with Crippen LogP contribution >= 0.6 is 0 Å². The maximum absolute atomic E-state index is 13.1. The Bertz CT molecular complexity index is 1110. The molecular weight excluding hydrogens is 370 g/mol. The molecule has 0 spiro atoms. The second kappa shape index (κ2) is 7.79. The number of quaternary nitrogens is 1. The highest BCUT2D eigenvalue weighted by molar-refractivity contribution is 5.90. The molecule has 4 rings (SSSR count). The molecule has 0 unspecified atom stereocenters. The zero-order valence-corrected chi connectivity index (χ0v) is 17.0. The van der Waals surface area contributed by atoms with Crippen LogP contribution in [0, 0.1) is 6.92 Å². The molecule has 2 N–H and O–H groups in total. The van der Waals surface area contributed by atoms with Crippen LogP contribution in [0.4, 0.5) is 0 Å². The Morgan fingerprint density at radius 2 is 1.86 bits per heavy atom. The molecule has 0 bridgehead atoms. The van der Waals surface area contributed by atoms with E-state index >= 15 is 0 Å². The number of phenolic OH excluding ortho intramolecular Hbond substituents is 1. The standard InChI is InChI=1S/C23H25NO5/c1-14-16-7-8-19(25)18(13-24-10-4-5-11-24)22(16)29-23(26)21(14)17-12-15(27-2)6-9-20(17)28-3/h6-9,12,25H,4-5,10-11,13H2,1-3H3/p+1. The zero-order valence-electron chi connectivity index (χ0n) is 17.0. The van der Waals surface area contributed by atoms with Crippen LogP contribution in [0.1, 0.15) is 24.0 Å². The van der Waals surface area contributed by atoms with Crippen molar-refractivity contribution in [1.29, 1.82) is 0 Å². The number of benzene rings is 2. The summed E-state index contributed by atoms with van der Waals surface area (Å²) in [6, 6.07) is 8.83. The lowest BCUT2D eigenvalue weighted by Gasteiger charge is -2.16. The Hall–Kier alpha value is -2.99. The minimum Gasteiger partial charge on any atom is -0.507 e. The Balaban J connectivity index is 1.93. The summed E-state index contributed by atoms with van der Waals surface area (Å²) in [6.07, 6.45) is 2.37. The summed E-state index contributed by atoms with van der Waals surface area (Å²) < 4.78 is 16.6. The van der Waals surface area contributed by atoms with Crippen molar-refractivity contribution < 1.29 is 23.9 Å². The zero-order chi connectivity index (χ0) is 20.5. The van der Waals surface area contributed by atoms with E-state index in [4.69, 9.17) is 13.9 Å². The van der Waals surface area contributed by atoms with E-state index in [0.29, 0.717) is 40.3 Å². The van der Waals surface area contributed by atoms with Crippen LogP contribution in [0.15, 0.2) is 39.5 Å². The maximum Gasteiger partial charge on any atom is 0.344 e. The minimum atomic E-state index is -0.454. The van der Waals surface area contributed by atoms with Gasteiger partial charge in [0.2, 0.25) is 0 Å². The van der Waals surface area contributed by atoms with E-state index in [1.54, 1.807) is 38.5 Å². The van der Waals surface area contributed by atoms with Crippen molar-refractivity contribution >= 4 is 11.0 Å². The third-order valence-corrected chi connectivity index (χ3v) is 5.83. The fourth-order valence-corrected chi connectivity index (χ4v) is 4.25. The number of phenols is 1. The van der Waals surface area contributed by atoms with Gasteiger partial charge in [0.25, 0.3) is 0 Å². The molecular formula is C23H26NO5+. The van der Waals surface area contributed by atoms with Crippen LogP contribution in [0.2, 0.25) is 0 Å². The molecule has 1 saturated heterocycles. The van der Waals surface area contributed by atoms with Crippen molar-refractivity contribution in [2.45, 2.75) is 26.3 Å². The number of hydrogen-bond donors (Lipinski definition) is 2. The topological polar surface area (TPSA) is 73.3 Å². The van der Waals surface area contributed by atoms with Crippen LogP contribution in [0.3, 0.4) is 0 Å². The first-order valence-corrected chi connectivity index (χ1v) is 9.87. The fraction of sp³-hybridized carbons (Fsp3) is 0.348. The Morgan fingerprint density at radius 1 is 1.10 bits per heavy atom. The van der Waals surface area contributed by atoms with E-state index in [2.05, 4.69) is 0 Å².